The third-order valence-corrected chi connectivity index (χ3v) is 4.17. The SMILES string of the molecule is COc1ccc(C(=O)NCc2nc3cc4ccccc4cc3[nH]2)cc1. The molecule has 0 aliphatic rings. The predicted molar refractivity (Wildman–Crippen MR) is 97.8 cm³/mol. The number of carbonyl (C=O) groups is 1. The first kappa shape index (κ1) is 15.2. The Hall–Kier alpha value is -3.34. The molecule has 1 heterocycles. The van der Waals surface area contributed by atoms with Crippen molar-refractivity contribution in [2.75, 3.05) is 7.11 Å². The zero-order valence-electron chi connectivity index (χ0n) is 13.7. The highest BCUT2D eigenvalue weighted by Gasteiger charge is 2.08. The Morgan fingerprint density at radius 3 is 2.52 bits per heavy atom. The lowest BCUT2D eigenvalue weighted by Crippen LogP contribution is -2.23. The van der Waals surface area contributed by atoms with Gasteiger partial charge >= 0.3 is 0 Å². The summed E-state index contributed by atoms with van der Waals surface area (Å²) < 4.78 is 5.10. The summed E-state index contributed by atoms with van der Waals surface area (Å²) in [5, 5.41) is 5.19. The van der Waals surface area contributed by atoms with Crippen LogP contribution in [0.4, 0.5) is 0 Å². The van der Waals surface area contributed by atoms with Crippen LogP contribution in [-0.2, 0) is 6.54 Å². The summed E-state index contributed by atoms with van der Waals surface area (Å²) in [4.78, 5) is 20.1. The maximum absolute atomic E-state index is 12.2. The van der Waals surface area contributed by atoms with Crippen molar-refractivity contribution >= 4 is 27.7 Å². The summed E-state index contributed by atoms with van der Waals surface area (Å²) in [6.07, 6.45) is 0. The third kappa shape index (κ3) is 3.04. The fourth-order valence-corrected chi connectivity index (χ4v) is 2.84. The van der Waals surface area contributed by atoms with E-state index in [9.17, 15) is 4.79 Å². The number of hydrogen-bond acceptors (Lipinski definition) is 3. The van der Waals surface area contributed by atoms with Gasteiger partial charge in [0, 0.05) is 5.56 Å². The van der Waals surface area contributed by atoms with Crippen LogP contribution < -0.4 is 10.1 Å². The quantitative estimate of drug-likeness (QED) is 0.600. The normalized spacial score (nSPS) is 10.9. The molecule has 5 heteroatoms. The minimum Gasteiger partial charge on any atom is -0.497 e. The van der Waals surface area contributed by atoms with Crippen LogP contribution in [0.3, 0.4) is 0 Å². The molecule has 0 fully saturated rings. The van der Waals surface area contributed by atoms with Crippen LogP contribution in [0, 0.1) is 0 Å². The van der Waals surface area contributed by atoms with Crippen LogP contribution >= 0.6 is 0 Å². The van der Waals surface area contributed by atoms with Crippen molar-refractivity contribution in [1.82, 2.24) is 15.3 Å². The molecule has 4 aromatic rings. The number of rotatable bonds is 4. The van der Waals surface area contributed by atoms with Crippen molar-refractivity contribution in [3.63, 3.8) is 0 Å². The molecule has 1 amide bonds. The van der Waals surface area contributed by atoms with Crippen LogP contribution in [-0.4, -0.2) is 23.0 Å². The van der Waals surface area contributed by atoms with E-state index < -0.39 is 0 Å². The van der Waals surface area contributed by atoms with Crippen LogP contribution in [0.1, 0.15) is 16.2 Å². The fourth-order valence-electron chi connectivity index (χ4n) is 2.84. The van der Waals surface area contributed by atoms with Crippen LogP contribution in [0.15, 0.2) is 60.7 Å². The van der Waals surface area contributed by atoms with Gasteiger partial charge in [0.05, 0.1) is 24.7 Å². The molecule has 4 rings (SSSR count). The topological polar surface area (TPSA) is 67.0 Å². The highest BCUT2D eigenvalue weighted by atomic mass is 16.5. The molecule has 3 aromatic carbocycles. The molecule has 5 nitrogen and oxygen atoms in total. The molecule has 124 valence electrons. The van der Waals surface area contributed by atoms with Gasteiger partial charge in [0.2, 0.25) is 0 Å². The summed E-state index contributed by atoms with van der Waals surface area (Å²) >= 11 is 0. The second-order valence-electron chi connectivity index (χ2n) is 5.81. The van der Waals surface area contributed by atoms with Gasteiger partial charge in [-0.1, -0.05) is 24.3 Å². The van der Waals surface area contributed by atoms with E-state index >= 15 is 0 Å². The molecule has 1 aromatic heterocycles. The first-order valence-electron chi connectivity index (χ1n) is 8.02. The molecule has 0 bridgehead atoms. The number of ether oxygens (including phenoxy) is 1. The van der Waals surface area contributed by atoms with Crippen molar-refractivity contribution in [3.8, 4) is 5.75 Å². The smallest absolute Gasteiger partial charge is 0.251 e. The standard InChI is InChI=1S/C20H17N3O2/c1-25-16-8-6-13(7-9-16)20(24)21-12-19-22-17-10-14-4-2-3-5-15(14)11-18(17)23-19/h2-11H,12H2,1H3,(H,21,24)(H,22,23). The van der Waals surface area contributed by atoms with Crippen molar-refractivity contribution in [3.05, 3.63) is 72.1 Å². The molecule has 0 spiro atoms. The fraction of sp³-hybridized carbons (Fsp3) is 0.100. The molecule has 0 unspecified atom stereocenters. The lowest BCUT2D eigenvalue weighted by Gasteiger charge is -2.04. The first-order chi connectivity index (χ1) is 12.2. The van der Waals surface area contributed by atoms with Crippen LogP contribution in [0.25, 0.3) is 21.8 Å². The van der Waals surface area contributed by atoms with Gasteiger partial charge in [-0.05, 0) is 47.2 Å². The maximum atomic E-state index is 12.2. The van der Waals surface area contributed by atoms with Gasteiger partial charge in [-0.15, -0.1) is 0 Å². The minimum atomic E-state index is -0.145. The number of aromatic nitrogens is 2. The summed E-state index contributed by atoms with van der Waals surface area (Å²) in [5.41, 5.74) is 2.45. The molecule has 25 heavy (non-hydrogen) atoms. The maximum Gasteiger partial charge on any atom is 0.251 e. The average Bonchev–Trinajstić information content (AvgIpc) is 3.06. The summed E-state index contributed by atoms with van der Waals surface area (Å²) in [6, 6.07) is 19.3. The molecule has 0 aliphatic carbocycles. The third-order valence-electron chi connectivity index (χ3n) is 4.17. The number of fused-ring (bicyclic) bond motifs is 2. The molecule has 0 radical (unpaired) electrons. The van der Waals surface area contributed by atoms with E-state index in [0.29, 0.717) is 12.1 Å². The number of nitrogens with zero attached hydrogens (tertiary/aromatic N) is 1. The minimum absolute atomic E-state index is 0.145. The Balaban J connectivity index is 1.51. The molecular formula is C20H17N3O2. The monoisotopic (exact) mass is 331 g/mol. The number of benzene rings is 3. The largest absolute Gasteiger partial charge is 0.497 e. The summed E-state index contributed by atoms with van der Waals surface area (Å²) in [5.74, 6) is 1.31. The van der Waals surface area contributed by atoms with Crippen LogP contribution in [0.5, 0.6) is 5.75 Å². The zero-order valence-corrected chi connectivity index (χ0v) is 13.7. The van der Waals surface area contributed by atoms with Crippen molar-refractivity contribution in [2.24, 2.45) is 0 Å². The lowest BCUT2D eigenvalue weighted by molar-refractivity contribution is 0.0950. The Morgan fingerprint density at radius 2 is 1.80 bits per heavy atom. The van der Waals surface area contributed by atoms with Gasteiger partial charge in [-0.2, -0.15) is 0 Å². The lowest BCUT2D eigenvalue weighted by atomic mass is 10.1. The number of carbonyl (C=O) groups excluding carboxylic acids is 1. The predicted octanol–water partition coefficient (Wildman–Crippen LogP) is 3.65. The number of methoxy groups -OCH3 is 1. The zero-order chi connectivity index (χ0) is 17.2. The number of amides is 1. The van der Waals surface area contributed by atoms with Crippen molar-refractivity contribution in [1.29, 1.82) is 0 Å². The number of aromatic amines is 1. The molecule has 2 N–H and O–H groups in total. The van der Waals surface area contributed by atoms with Gasteiger partial charge in [0.25, 0.3) is 5.91 Å². The summed E-state index contributed by atoms with van der Waals surface area (Å²) in [6.45, 7) is 0.343. The Kier molecular flexibility index (Phi) is 3.82. The molecule has 0 saturated heterocycles. The van der Waals surface area contributed by atoms with E-state index in [1.54, 1.807) is 31.4 Å². The van der Waals surface area contributed by atoms with Crippen molar-refractivity contribution < 1.29 is 9.53 Å². The van der Waals surface area contributed by atoms with Crippen LogP contribution in [0.2, 0.25) is 0 Å². The van der Waals surface area contributed by atoms with E-state index in [1.165, 1.54) is 0 Å². The van der Waals surface area contributed by atoms with E-state index in [-0.39, 0.29) is 5.91 Å². The van der Waals surface area contributed by atoms with E-state index in [4.69, 9.17) is 4.74 Å². The summed E-state index contributed by atoms with van der Waals surface area (Å²) in [7, 11) is 1.60. The highest BCUT2D eigenvalue weighted by molar-refractivity contribution is 5.95. The highest BCUT2D eigenvalue weighted by Crippen LogP contribution is 2.21. The van der Waals surface area contributed by atoms with E-state index in [2.05, 4.69) is 39.6 Å². The van der Waals surface area contributed by atoms with Gasteiger partial charge in [0.15, 0.2) is 0 Å². The Morgan fingerprint density at radius 1 is 1.08 bits per heavy atom. The Bertz CT molecular complexity index is 999. The number of hydrogen-bond donors (Lipinski definition) is 2. The van der Waals surface area contributed by atoms with Gasteiger partial charge in [0.1, 0.15) is 11.6 Å². The molecular weight excluding hydrogens is 314 g/mol. The van der Waals surface area contributed by atoms with E-state index in [1.807, 2.05) is 12.1 Å². The van der Waals surface area contributed by atoms with Crippen molar-refractivity contribution in [2.45, 2.75) is 6.54 Å². The number of H-pyrrole nitrogens is 1. The first-order valence-corrected chi connectivity index (χ1v) is 8.02. The molecule has 0 atom stereocenters. The Labute approximate surface area is 144 Å². The molecule has 0 saturated carbocycles. The van der Waals surface area contributed by atoms with Gasteiger partial charge in [-0.3, -0.25) is 4.79 Å². The number of nitrogens with one attached hydrogen (secondary N) is 2. The van der Waals surface area contributed by atoms with Gasteiger partial charge in [-0.25, -0.2) is 4.98 Å². The average molecular weight is 331 g/mol. The van der Waals surface area contributed by atoms with Gasteiger partial charge < -0.3 is 15.0 Å². The van der Waals surface area contributed by atoms with E-state index in [0.717, 1.165) is 33.4 Å². The second-order valence-corrected chi connectivity index (χ2v) is 5.81. The molecule has 0 aliphatic heterocycles. The number of imidazole rings is 1. The second kappa shape index (κ2) is 6.28.